The summed E-state index contributed by atoms with van der Waals surface area (Å²) in [5.74, 6) is -0.301. The van der Waals surface area contributed by atoms with Crippen molar-refractivity contribution in [2.24, 2.45) is 0 Å². The normalized spacial score (nSPS) is 10.2. The summed E-state index contributed by atoms with van der Waals surface area (Å²) >= 11 is 0. The molecule has 0 atom stereocenters. The van der Waals surface area contributed by atoms with E-state index < -0.39 is 0 Å². The zero-order valence-electron chi connectivity index (χ0n) is 11.1. The molecule has 0 spiro atoms. The molecule has 0 bridgehead atoms. The molecule has 0 aliphatic heterocycles. The molecule has 0 saturated carbocycles. The summed E-state index contributed by atoms with van der Waals surface area (Å²) in [5.41, 5.74) is 3.14. The SMILES string of the molecule is CCc1ccc(NC(=O)c2ccc(C)cc2O)cc1. The predicted molar refractivity (Wildman–Crippen MR) is 76.6 cm³/mol. The van der Waals surface area contributed by atoms with Crippen LogP contribution in [0.2, 0.25) is 0 Å². The molecule has 2 rings (SSSR count). The van der Waals surface area contributed by atoms with Crippen molar-refractivity contribution in [3.63, 3.8) is 0 Å². The Balaban J connectivity index is 2.15. The van der Waals surface area contributed by atoms with Crippen LogP contribution >= 0.6 is 0 Å². The Bertz CT molecular complexity index is 588. The Morgan fingerprint density at radius 2 is 1.84 bits per heavy atom. The topological polar surface area (TPSA) is 49.3 Å². The molecular weight excluding hydrogens is 238 g/mol. The van der Waals surface area contributed by atoms with Crippen LogP contribution in [-0.2, 0) is 6.42 Å². The molecule has 98 valence electrons. The van der Waals surface area contributed by atoms with E-state index in [0.29, 0.717) is 0 Å². The van der Waals surface area contributed by atoms with Crippen molar-refractivity contribution >= 4 is 11.6 Å². The number of carbonyl (C=O) groups is 1. The van der Waals surface area contributed by atoms with Crippen molar-refractivity contribution in [2.45, 2.75) is 20.3 Å². The number of hydrogen-bond donors (Lipinski definition) is 2. The fraction of sp³-hybridized carbons (Fsp3) is 0.188. The highest BCUT2D eigenvalue weighted by Crippen LogP contribution is 2.20. The lowest BCUT2D eigenvalue weighted by Gasteiger charge is -2.08. The van der Waals surface area contributed by atoms with Gasteiger partial charge in [0.15, 0.2) is 0 Å². The molecule has 19 heavy (non-hydrogen) atoms. The molecule has 3 nitrogen and oxygen atoms in total. The van der Waals surface area contributed by atoms with E-state index in [-0.39, 0.29) is 17.2 Å². The van der Waals surface area contributed by atoms with Crippen LogP contribution in [-0.4, -0.2) is 11.0 Å². The summed E-state index contributed by atoms with van der Waals surface area (Å²) in [5, 5.41) is 12.5. The van der Waals surface area contributed by atoms with E-state index in [1.807, 2.05) is 31.2 Å². The van der Waals surface area contributed by atoms with E-state index in [1.54, 1.807) is 18.2 Å². The Kier molecular flexibility index (Phi) is 3.85. The molecule has 0 fully saturated rings. The molecule has 0 aliphatic rings. The Morgan fingerprint density at radius 1 is 1.16 bits per heavy atom. The first kappa shape index (κ1) is 13.1. The van der Waals surface area contributed by atoms with Gasteiger partial charge in [-0.3, -0.25) is 4.79 Å². The fourth-order valence-corrected chi connectivity index (χ4v) is 1.86. The van der Waals surface area contributed by atoms with Crippen LogP contribution in [0.3, 0.4) is 0 Å². The van der Waals surface area contributed by atoms with E-state index in [2.05, 4.69) is 12.2 Å². The van der Waals surface area contributed by atoms with Gasteiger partial charge < -0.3 is 10.4 Å². The van der Waals surface area contributed by atoms with Crippen LogP contribution in [0, 0.1) is 6.92 Å². The van der Waals surface area contributed by atoms with Gasteiger partial charge in [0.2, 0.25) is 0 Å². The first-order valence-electron chi connectivity index (χ1n) is 6.30. The number of nitrogens with one attached hydrogen (secondary N) is 1. The second kappa shape index (κ2) is 5.57. The van der Waals surface area contributed by atoms with Crippen molar-refractivity contribution in [1.29, 1.82) is 0 Å². The van der Waals surface area contributed by atoms with Crippen LogP contribution in [0.15, 0.2) is 42.5 Å². The second-order valence-electron chi connectivity index (χ2n) is 4.53. The van der Waals surface area contributed by atoms with Gasteiger partial charge in [0.25, 0.3) is 5.91 Å². The second-order valence-corrected chi connectivity index (χ2v) is 4.53. The van der Waals surface area contributed by atoms with Crippen molar-refractivity contribution in [2.75, 3.05) is 5.32 Å². The number of amides is 1. The quantitative estimate of drug-likeness (QED) is 0.881. The lowest BCUT2D eigenvalue weighted by atomic mass is 10.1. The van der Waals surface area contributed by atoms with Gasteiger partial charge in [-0.25, -0.2) is 0 Å². The first-order valence-corrected chi connectivity index (χ1v) is 6.30. The number of aryl methyl sites for hydroxylation is 2. The highest BCUT2D eigenvalue weighted by atomic mass is 16.3. The van der Waals surface area contributed by atoms with Gasteiger partial charge >= 0.3 is 0 Å². The number of carbonyl (C=O) groups excluding carboxylic acids is 1. The van der Waals surface area contributed by atoms with E-state index >= 15 is 0 Å². The first-order chi connectivity index (χ1) is 9.10. The monoisotopic (exact) mass is 255 g/mol. The summed E-state index contributed by atoms with van der Waals surface area (Å²) in [6.45, 7) is 3.95. The van der Waals surface area contributed by atoms with Crippen molar-refractivity contribution < 1.29 is 9.90 Å². The molecule has 2 N–H and O–H groups in total. The molecule has 2 aromatic carbocycles. The molecule has 0 unspecified atom stereocenters. The van der Waals surface area contributed by atoms with Crippen molar-refractivity contribution in [3.8, 4) is 5.75 Å². The average molecular weight is 255 g/mol. The zero-order valence-corrected chi connectivity index (χ0v) is 11.1. The van der Waals surface area contributed by atoms with Gasteiger partial charge in [-0.15, -0.1) is 0 Å². The van der Waals surface area contributed by atoms with Crippen molar-refractivity contribution in [1.82, 2.24) is 0 Å². The maximum absolute atomic E-state index is 12.0. The third-order valence-corrected chi connectivity index (χ3v) is 3.02. The Labute approximate surface area is 112 Å². The summed E-state index contributed by atoms with van der Waals surface area (Å²) < 4.78 is 0. The van der Waals surface area contributed by atoms with Gasteiger partial charge in [0, 0.05) is 5.69 Å². The minimum atomic E-state index is -0.304. The Hall–Kier alpha value is -2.29. The van der Waals surface area contributed by atoms with Crippen molar-refractivity contribution in [3.05, 3.63) is 59.2 Å². The van der Waals surface area contributed by atoms with Gasteiger partial charge in [-0.1, -0.05) is 25.1 Å². The summed E-state index contributed by atoms with van der Waals surface area (Å²) in [7, 11) is 0. The molecular formula is C16H17NO2. The molecule has 0 radical (unpaired) electrons. The summed E-state index contributed by atoms with van der Waals surface area (Å²) in [4.78, 5) is 12.0. The minimum absolute atomic E-state index is 0.00248. The number of rotatable bonds is 3. The number of anilines is 1. The molecule has 2 aromatic rings. The van der Waals surface area contributed by atoms with Crippen LogP contribution in [0.5, 0.6) is 5.75 Å². The maximum Gasteiger partial charge on any atom is 0.259 e. The van der Waals surface area contributed by atoms with E-state index in [9.17, 15) is 9.90 Å². The number of phenols is 1. The third-order valence-electron chi connectivity index (χ3n) is 3.02. The van der Waals surface area contributed by atoms with Gasteiger partial charge in [-0.05, 0) is 48.7 Å². The largest absolute Gasteiger partial charge is 0.507 e. The predicted octanol–water partition coefficient (Wildman–Crippen LogP) is 3.52. The van der Waals surface area contributed by atoms with Crippen LogP contribution in [0.1, 0.15) is 28.4 Å². The van der Waals surface area contributed by atoms with E-state index in [1.165, 1.54) is 5.56 Å². The lowest BCUT2D eigenvalue weighted by molar-refractivity contribution is 0.102. The number of benzene rings is 2. The molecule has 0 heterocycles. The van der Waals surface area contributed by atoms with Gasteiger partial charge in [0.1, 0.15) is 5.75 Å². The minimum Gasteiger partial charge on any atom is -0.507 e. The lowest BCUT2D eigenvalue weighted by Crippen LogP contribution is -2.12. The van der Waals surface area contributed by atoms with Gasteiger partial charge in [0.05, 0.1) is 5.56 Å². The Morgan fingerprint density at radius 3 is 2.42 bits per heavy atom. The highest BCUT2D eigenvalue weighted by molar-refractivity contribution is 6.06. The smallest absolute Gasteiger partial charge is 0.259 e. The summed E-state index contributed by atoms with van der Waals surface area (Å²) in [6.07, 6.45) is 0.965. The zero-order chi connectivity index (χ0) is 13.8. The average Bonchev–Trinajstić information content (AvgIpc) is 2.39. The fourth-order valence-electron chi connectivity index (χ4n) is 1.86. The molecule has 0 aromatic heterocycles. The number of aromatic hydroxyl groups is 1. The summed E-state index contributed by atoms with van der Waals surface area (Å²) in [6, 6.07) is 12.7. The highest BCUT2D eigenvalue weighted by Gasteiger charge is 2.11. The molecule has 1 amide bonds. The van der Waals surface area contributed by atoms with Crippen LogP contribution in [0.25, 0.3) is 0 Å². The number of hydrogen-bond acceptors (Lipinski definition) is 2. The maximum atomic E-state index is 12.0. The molecule has 0 aliphatic carbocycles. The third kappa shape index (κ3) is 3.13. The van der Waals surface area contributed by atoms with Crippen LogP contribution < -0.4 is 5.32 Å². The molecule has 0 saturated heterocycles. The number of phenolic OH excluding ortho intramolecular Hbond substituents is 1. The van der Waals surface area contributed by atoms with E-state index in [0.717, 1.165) is 17.7 Å². The van der Waals surface area contributed by atoms with Gasteiger partial charge in [-0.2, -0.15) is 0 Å². The standard InChI is InChI=1S/C16H17NO2/c1-3-12-5-7-13(8-6-12)17-16(19)14-9-4-11(2)10-15(14)18/h4-10,18H,3H2,1-2H3,(H,17,19). The van der Waals surface area contributed by atoms with Crippen LogP contribution in [0.4, 0.5) is 5.69 Å². The van der Waals surface area contributed by atoms with E-state index in [4.69, 9.17) is 0 Å². The molecule has 3 heteroatoms.